The van der Waals surface area contributed by atoms with Crippen molar-refractivity contribution >= 4 is 11.9 Å². The van der Waals surface area contributed by atoms with Crippen LogP contribution in [0.1, 0.15) is 19.3 Å². The van der Waals surface area contributed by atoms with Gasteiger partial charge in [-0.25, -0.2) is 5.84 Å². The van der Waals surface area contributed by atoms with Crippen LogP contribution in [0.5, 0.6) is 6.01 Å². The smallest absolute Gasteiger partial charge is 0.322 e. The third kappa shape index (κ3) is 2.61. The summed E-state index contributed by atoms with van der Waals surface area (Å²) in [6, 6.07) is 0.892. The predicted octanol–water partition coefficient (Wildman–Crippen LogP) is -0.160. The van der Waals surface area contributed by atoms with Crippen molar-refractivity contribution in [2.24, 2.45) is 5.84 Å². The average Bonchev–Trinajstić information content (AvgIpc) is 2.53. The number of fused-ring (bicyclic) bond motifs is 1. The normalized spacial score (nSPS) is 23.3. The minimum Gasteiger partial charge on any atom is -0.467 e. The molecule has 1 aromatic heterocycles. The lowest BCUT2D eigenvalue weighted by Gasteiger charge is -2.43. The molecule has 8 nitrogen and oxygen atoms in total. The number of nitrogens with two attached hydrogens (primary N) is 1. The zero-order chi connectivity index (χ0) is 13.9. The summed E-state index contributed by atoms with van der Waals surface area (Å²) in [5, 5.41) is 0. The number of aromatic nitrogens is 3. The van der Waals surface area contributed by atoms with Gasteiger partial charge in [-0.05, 0) is 19.4 Å². The number of anilines is 2. The molecule has 1 unspecified atom stereocenters. The molecule has 3 rings (SSSR count). The number of nitrogens with zero attached hydrogens (tertiary/aromatic N) is 5. The lowest BCUT2D eigenvalue weighted by Crippen LogP contribution is -2.55. The van der Waals surface area contributed by atoms with E-state index in [1.807, 2.05) is 0 Å². The Balaban J connectivity index is 1.78. The number of hydrazine groups is 1. The van der Waals surface area contributed by atoms with E-state index in [1.165, 1.54) is 25.8 Å². The monoisotopic (exact) mass is 279 g/mol. The number of piperazine rings is 1. The van der Waals surface area contributed by atoms with E-state index in [2.05, 4.69) is 30.2 Å². The van der Waals surface area contributed by atoms with Gasteiger partial charge in [-0.1, -0.05) is 6.42 Å². The Labute approximate surface area is 118 Å². The Hall–Kier alpha value is -1.67. The largest absolute Gasteiger partial charge is 0.467 e. The molecule has 8 heteroatoms. The zero-order valence-corrected chi connectivity index (χ0v) is 11.7. The van der Waals surface area contributed by atoms with Gasteiger partial charge >= 0.3 is 6.01 Å². The quantitative estimate of drug-likeness (QED) is 0.582. The van der Waals surface area contributed by atoms with Gasteiger partial charge in [0.1, 0.15) is 0 Å². The summed E-state index contributed by atoms with van der Waals surface area (Å²) in [7, 11) is 1.54. The van der Waals surface area contributed by atoms with E-state index in [9.17, 15) is 0 Å². The van der Waals surface area contributed by atoms with Crippen LogP contribution in [-0.2, 0) is 0 Å². The van der Waals surface area contributed by atoms with Crippen molar-refractivity contribution in [1.29, 1.82) is 0 Å². The van der Waals surface area contributed by atoms with Crippen molar-refractivity contribution in [3.8, 4) is 6.01 Å². The van der Waals surface area contributed by atoms with E-state index in [1.54, 1.807) is 7.11 Å². The van der Waals surface area contributed by atoms with Gasteiger partial charge in [-0.15, -0.1) is 0 Å². The fraction of sp³-hybridized carbons (Fsp3) is 0.750. The average molecular weight is 279 g/mol. The van der Waals surface area contributed by atoms with Crippen molar-refractivity contribution in [2.45, 2.75) is 25.3 Å². The first-order chi connectivity index (χ1) is 9.80. The fourth-order valence-electron chi connectivity index (χ4n) is 2.98. The molecule has 110 valence electrons. The second-order valence-corrected chi connectivity index (χ2v) is 5.22. The van der Waals surface area contributed by atoms with Crippen LogP contribution in [0.15, 0.2) is 0 Å². The topological polar surface area (TPSA) is 92.4 Å². The standard InChI is InChI=1S/C12H21N7O/c1-20-12-15-10(17-13)14-11(16-12)19-7-6-18-5-3-2-4-9(18)8-19/h9H,2-8,13H2,1H3,(H,14,15,16,17). The Bertz CT molecular complexity index is 447. The second-order valence-electron chi connectivity index (χ2n) is 5.22. The highest BCUT2D eigenvalue weighted by molar-refractivity contribution is 5.38. The molecule has 2 fully saturated rings. The summed E-state index contributed by atoms with van der Waals surface area (Å²) in [6.45, 7) is 4.16. The van der Waals surface area contributed by atoms with E-state index < -0.39 is 0 Å². The molecule has 0 amide bonds. The van der Waals surface area contributed by atoms with Gasteiger partial charge in [0.2, 0.25) is 11.9 Å². The van der Waals surface area contributed by atoms with Crippen LogP contribution < -0.4 is 20.9 Å². The van der Waals surface area contributed by atoms with Crippen LogP contribution in [0.4, 0.5) is 11.9 Å². The lowest BCUT2D eigenvalue weighted by atomic mass is 10.00. The molecule has 0 saturated carbocycles. The molecule has 3 heterocycles. The molecule has 2 saturated heterocycles. The summed E-state index contributed by atoms with van der Waals surface area (Å²) in [4.78, 5) is 17.4. The summed E-state index contributed by atoms with van der Waals surface area (Å²) >= 11 is 0. The van der Waals surface area contributed by atoms with Gasteiger partial charge < -0.3 is 9.64 Å². The van der Waals surface area contributed by atoms with Crippen LogP contribution in [0.25, 0.3) is 0 Å². The SMILES string of the molecule is COc1nc(NN)nc(N2CCN3CCCCC3C2)n1. The lowest BCUT2D eigenvalue weighted by molar-refractivity contribution is 0.132. The molecule has 1 aromatic rings. The summed E-state index contributed by atoms with van der Waals surface area (Å²) in [5.74, 6) is 6.36. The minimum absolute atomic E-state index is 0.286. The number of rotatable bonds is 3. The highest BCUT2D eigenvalue weighted by Crippen LogP contribution is 2.24. The van der Waals surface area contributed by atoms with Crippen molar-refractivity contribution < 1.29 is 4.74 Å². The number of ether oxygens (including phenoxy) is 1. The summed E-state index contributed by atoms with van der Waals surface area (Å²) in [6.07, 6.45) is 3.88. The molecule has 20 heavy (non-hydrogen) atoms. The first-order valence-corrected chi connectivity index (χ1v) is 7.06. The second kappa shape index (κ2) is 5.76. The predicted molar refractivity (Wildman–Crippen MR) is 75.6 cm³/mol. The number of nitrogen functional groups attached to an aromatic ring is 1. The highest BCUT2D eigenvalue weighted by atomic mass is 16.5. The molecule has 0 spiro atoms. The van der Waals surface area contributed by atoms with Crippen molar-refractivity contribution in [2.75, 3.05) is 43.6 Å². The molecular weight excluding hydrogens is 258 g/mol. The van der Waals surface area contributed by atoms with E-state index in [-0.39, 0.29) is 6.01 Å². The molecule has 0 aromatic carbocycles. The Morgan fingerprint density at radius 2 is 2.10 bits per heavy atom. The number of hydrogen-bond acceptors (Lipinski definition) is 8. The van der Waals surface area contributed by atoms with Crippen molar-refractivity contribution in [3.05, 3.63) is 0 Å². The van der Waals surface area contributed by atoms with E-state index in [0.29, 0.717) is 17.9 Å². The number of piperidine rings is 1. The number of methoxy groups -OCH3 is 1. The third-order valence-electron chi connectivity index (χ3n) is 4.03. The fourth-order valence-corrected chi connectivity index (χ4v) is 2.98. The summed E-state index contributed by atoms with van der Waals surface area (Å²) < 4.78 is 5.10. The molecule has 1 atom stereocenters. The molecule has 2 aliphatic heterocycles. The Morgan fingerprint density at radius 3 is 2.90 bits per heavy atom. The molecule has 0 aliphatic carbocycles. The maximum atomic E-state index is 5.39. The zero-order valence-electron chi connectivity index (χ0n) is 11.7. The highest BCUT2D eigenvalue weighted by Gasteiger charge is 2.30. The maximum Gasteiger partial charge on any atom is 0.322 e. The van der Waals surface area contributed by atoms with Crippen molar-refractivity contribution in [1.82, 2.24) is 19.9 Å². The van der Waals surface area contributed by atoms with E-state index >= 15 is 0 Å². The minimum atomic E-state index is 0.286. The molecular formula is C12H21N7O. The van der Waals surface area contributed by atoms with E-state index in [4.69, 9.17) is 10.6 Å². The molecule has 2 aliphatic rings. The first kappa shape index (κ1) is 13.3. The van der Waals surface area contributed by atoms with E-state index in [0.717, 1.165) is 19.6 Å². The van der Waals surface area contributed by atoms with Gasteiger partial charge in [0.05, 0.1) is 7.11 Å². The maximum absolute atomic E-state index is 5.39. The van der Waals surface area contributed by atoms with Crippen LogP contribution in [0, 0.1) is 0 Å². The van der Waals surface area contributed by atoms with Crippen LogP contribution >= 0.6 is 0 Å². The van der Waals surface area contributed by atoms with Gasteiger partial charge in [0.15, 0.2) is 0 Å². The summed E-state index contributed by atoms with van der Waals surface area (Å²) in [5.41, 5.74) is 2.46. The third-order valence-corrected chi connectivity index (χ3v) is 4.03. The Morgan fingerprint density at radius 1 is 1.20 bits per heavy atom. The Kier molecular flexibility index (Phi) is 3.83. The van der Waals surface area contributed by atoms with Gasteiger partial charge in [0, 0.05) is 25.7 Å². The van der Waals surface area contributed by atoms with Crippen LogP contribution in [-0.4, -0.2) is 59.2 Å². The molecule has 0 radical (unpaired) electrons. The van der Waals surface area contributed by atoms with Crippen molar-refractivity contribution in [3.63, 3.8) is 0 Å². The van der Waals surface area contributed by atoms with Crippen LogP contribution in [0.2, 0.25) is 0 Å². The van der Waals surface area contributed by atoms with Gasteiger partial charge in [-0.2, -0.15) is 15.0 Å². The van der Waals surface area contributed by atoms with Gasteiger partial charge in [-0.3, -0.25) is 10.3 Å². The number of nitrogens with one attached hydrogen (secondary N) is 1. The first-order valence-electron chi connectivity index (χ1n) is 7.06. The molecule has 0 bridgehead atoms. The van der Waals surface area contributed by atoms with Crippen LogP contribution in [0.3, 0.4) is 0 Å². The van der Waals surface area contributed by atoms with Gasteiger partial charge in [0.25, 0.3) is 0 Å². The number of hydrogen-bond donors (Lipinski definition) is 2. The molecule has 3 N–H and O–H groups in total.